The van der Waals surface area contributed by atoms with E-state index in [1.807, 2.05) is 44.2 Å². The number of nitrogens with zero attached hydrogens (tertiary/aromatic N) is 2. The van der Waals surface area contributed by atoms with Gasteiger partial charge in [-0.15, -0.1) is 0 Å². The van der Waals surface area contributed by atoms with E-state index in [-0.39, 0.29) is 13.2 Å². The van der Waals surface area contributed by atoms with E-state index in [9.17, 15) is 9.59 Å². The highest BCUT2D eigenvalue weighted by molar-refractivity contribution is 7.80. The minimum atomic E-state index is -0.608. The number of fused-ring (bicyclic) bond motifs is 1. The predicted octanol–water partition coefficient (Wildman–Crippen LogP) is 5.13. The molecule has 5 rings (SSSR count). The summed E-state index contributed by atoms with van der Waals surface area (Å²) in [4.78, 5) is 25.4. The summed E-state index contributed by atoms with van der Waals surface area (Å²) in [6.45, 7) is 7.53. The fourth-order valence-corrected chi connectivity index (χ4v) is 5.51. The van der Waals surface area contributed by atoms with Gasteiger partial charge in [0.25, 0.3) is 5.91 Å². The molecule has 0 fully saturated rings. The van der Waals surface area contributed by atoms with E-state index in [0.717, 1.165) is 22.6 Å². The van der Waals surface area contributed by atoms with Crippen molar-refractivity contribution in [1.29, 1.82) is 0 Å². The van der Waals surface area contributed by atoms with Crippen LogP contribution in [0.25, 0.3) is 16.5 Å². The van der Waals surface area contributed by atoms with Crippen molar-refractivity contribution in [3.63, 3.8) is 0 Å². The molecule has 0 spiro atoms. The number of hydrogen-bond acceptors (Lipinski definition) is 6. The first-order valence-electron chi connectivity index (χ1n) is 13.9. The Hall–Kier alpha value is -4.96. The van der Waals surface area contributed by atoms with Crippen LogP contribution in [0.5, 0.6) is 5.75 Å². The van der Waals surface area contributed by atoms with Gasteiger partial charge in [-0.25, -0.2) is 10.2 Å². The van der Waals surface area contributed by atoms with Crippen molar-refractivity contribution in [1.82, 2.24) is 20.6 Å². The molecule has 3 N–H and O–H groups in total. The van der Waals surface area contributed by atoms with Crippen LogP contribution in [0, 0.1) is 13.8 Å². The van der Waals surface area contributed by atoms with Gasteiger partial charge in [-0.2, -0.15) is 5.10 Å². The first-order valence-corrected chi connectivity index (χ1v) is 14.3. The van der Waals surface area contributed by atoms with Gasteiger partial charge in [-0.05, 0) is 75.0 Å². The zero-order valence-corrected chi connectivity index (χ0v) is 25.2. The molecule has 4 aromatic rings. The highest BCUT2D eigenvalue weighted by atomic mass is 32.1. The largest absolute Gasteiger partial charge is 0.483 e. The zero-order valence-electron chi connectivity index (χ0n) is 24.4. The number of allylic oxidation sites excluding steroid dienone is 1. The fourth-order valence-electron chi connectivity index (χ4n) is 5.24. The SMILES string of the molecule is CCOC(=O)C1=C(C)NC(=S)N[C@H]1c1ccccc1OCC(=O)NN=Cc1cc(C)n(-c2ccc3ccccc3c2)c1C. The van der Waals surface area contributed by atoms with Gasteiger partial charge >= 0.3 is 5.97 Å². The molecular weight excluding hydrogens is 562 g/mol. The maximum Gasteiger partial charge on any atom is 0.338 e. The monoisotopic (exact) mass is 595 g/mol. The standard InChI is InChI=1S/C33H33N5O4S/c1-5-41-32(40)30-21(3)35-33(43)36-31(30)27-12-8-9-13-28(27)42-19-29(39)37-34-18-25-16-20(2)38(22(25)4)26-15-14-23-10-6-7-11-24(23)17-26/h6-18,31H,5,19H2,1-4H3,(H,37,39)(H2,35,36,43)/t31-/m0/s1. The molecule has 3 aromatic carbocycles. The number of hydrogen-bond donors (Lipinski definition) is 3. The van der Waals surface area contributed by atoms with Gasteiger partial charge in [0, 0.05) is 33.9 Å². The van der Waals surface area contributed by atoms with Crippen LogP contribution in [0.2, 0.25) is 0 Å². The topological polar surface area (TPSA) is 106 Å². The Morgan fingerprint density at radius 3 is 2.56 bits per heavy atom. The van der Waals surface area contributed by atoms with Crippen LogP contribution in [-0.2, 0) is 14.3 Å². The smallest absolute Gasteiger partial charge is 0.338 e. The normalized spacial score (nSPS) is 14.9. The third-order valence-corrected chi connectivity index (χ3v) is 7.43. The van der Waals surface area contributed by atoms with Crippen molar-refractivity contribution in [2.75, 3.05) is 13.2 Å². The Bertz CT molecular complexity index is 1770. The number of benzene rings is 3. The second kappa shape index (κ2) is 12.9. The number of amides is 1. The number of rotatable bonds is 9. The number of ether oxygens (including phenoxy) is 2. The van der Waals surface area contributed by atoms with Gasteiger partial charge in [-0.3, -0.25) is 4.79 Å². The molecular formula is C33H33N5O4S. The highest BCUT2D eigenvalue weighted by Gasteiger charge is 2.32. The average Bonchev–Trinajstić information content (AvgIpc) is 3.27. The second-order valence-corrected chi connectivity index (χ2v) is 10.5. The summed E-state index contributed by atoms with van der Waals surface area (Å²) in [6, 6.07) is 23.2. The lowest BCUT2D eigenvalue weighted by atomic mass is 9.95. The molecule has 1 amide bonds. The molecule has 43 heavy (non-hydrogen) atoms. The van der Waals surface area contributed by atoms with Gasteiger partial charge in [0.1, 0.15) is 5.75 Å². The predicted molar refractivity (Wildman–Crippen MR) is 171 cm³/mol. The first-order chi connectivity index (χ1) is 20.8. The molecule has 9 nitrogen and oxygen atoms in total. The third-order valence-electron chi connectivity index (χ3n) is 7.21. The Morgan fingerprint density at radius 2 is 1.77 bits per heavy atom. The molecule has 0 saturated heterocycles. The molecule has 0 radical (unpaired) electrons. The maximum absolute atomic E-state index is 12.8. The van der Waals surface area contributed by atoms with Crippen molar-refractivity contribution < 1.29 is 19.1 Å². The van der Waals surface area contributed by atoms with Gasteiger partial charge in [0.2, 0.25) is 0 Å². The number of para-hydroxylation sites is 1. The molecule has 220 valence electrons. The van der Waals surface area contributed by atoms with Crippen LogP contribution in [0.1, 0.15) is 42.4 Å². The quantitative estimate of drug-likeness (QED) is 0.107. The van der Waals surface area contributed by atoms with E-state index < -0.39 is 17.9 Å². The summed E-state index contributed by atoms with van der Waals surface area (Å²) in [5.41, 5.74) is 8.18. The number of aryl methyl sites for hydroxylation is 1. The Balaban J connectivity index is 1.26. The summed E-state index contributed by atoms with van der Waals surface area (Å²) in [5.74, 6) is -0.466. The lowest BCUT2D eigenvalue weighted by molar-refractivity contribution is -0.139. The zero-order chi connectivity index (χ0) is 30.5. The summed E-state index contributed by atoms with van der Waals surface area (Å²) in [6.07, 6.45) is 1.63. The molecule has 0 aliphatic carbocycles. The first kappa shape index (κ1) is 29.5. The Morgan fingerprint density at radius 1 is 1.02 bits per heavy atom. The van der Waals surface area contributed by atoms with Crippen molar-refractivity contribution in [3.8, 4) is 11.4 Å². The van der Waals surface area contributed by atoms with E-state index in [4.69, 9.17) is 21.7 Å². The van der Waals surface area contributed by atoms with E-state index >= 15 is 0 Å². The molecule has 0 bridgehead atoms. The number of aromatic nitrogens is 1. The van der Waals surface area contributed by atoms with Gasteiger partial charge in [0.05, 0.1) is 24.4 Å². The molecule has 2 heterocycles. The number of thiocarbonyl (C=S) groups is 1. The number of nitrogens with one attached hydrogen (secondary N) is 3. The molecule has 1 atom stereocenters. The van der Waals surface area contributed by atoms with Crippen LogP contribution in [0.15, 0.2) is 89.2 Å². The Labute approximate surface area is 255 Å². The average molecular weight is 596 g/mol. The van der Waals surface area contributed by atoms with Gasteiger partial charge in [0.15, 0.2) is 11.7 Å². The fraction of sp³-hybridized carbons (Fsp3) is 0.212. The van der Waals surface area contributed by atoms with Crippen LogP contribution < -0.4 is 20.8 Å². The van der Waals surface area contributed by atoms with Crippen LogP contribution >= 0.6 is 12.2 Å². The van der Waals surface area contributed by atoms with Crippen LogP contribution in [0.4, 0.5) is 0 Å². The minimum absolute atomic E-state index is 0.235. The number of carbonyl (C=O) groups excluding carboxylic acids is 2. The minimum Gasteiger partial charge on any atom is -0.483 e. The lowest BCUT2D eigenvalue weighted by Gasteiger charge is -2.30. The van der Waals surface area contributed by atoms with Crippen molar-refractivity contribution in [2.24, 2.45) is 5.10 Å². The van der Waals surface area contributed by atoms with Crippen molar-refractivity contribution in [3.05, 3.63) is 107 Å². The molecule has 10 heteroatoms. The lowest BCUT2D eigenvalue weighted by Crippen LogP contribution is -2.45. The summed E-state index contributed by atoms with van der Waals surface area (Å²) < 4.78 is 13.3. The van der Waals surface area contributed by atoms with Gasteiger partial charge < -0.3 is 24.7 Å². The number of hydrazone groups is 1. The van der Waals surface area contributed by atoms with E-state index in [0.29, 0.717) is 27.7 Å². The molecule has 0 unspecified atom stereocenters. The highest BCUT2D eigenvalue weighted by Crippen LogP contribution is 2.33. The molecule has 0 saturated carbocycles. The molecule has 1 aromatic heterocycles. The molecule has 1 aliphatic heterocycles. The van der Waals surface area contributed by atoms with E-state index in [1.165, 1.54) is 10.8 Å². The van der Waals surface area contributed by atoms with E-state index in [2.05, 4.69) is 56.1 Å². The van der Waals surface area contributed by atoms with Crippen molar-refractivity contribution in [2.45, 2.75) is 33.7 Å². The molecule has 1 aliphatic rings. The summed E-state index contributed by atoms with van der Waals surface area (Å²) >= 11 is 5.34. The second-order valence-electron chi connectivity index (χ2n) is 10.1. The Kier molecular flexibility index (Phi) is 8.87. The van der Waals surface area contributed by atoms with Crippen molar-refractivity contribution >= 4 is 46.2 Å². The summed E-state index contributed by atoms with van der Waals surface area (Å²) in [5, 5.41) is 13.0. The maximum atomic E-state index is 12.8. The van der Waals surface area contributed by atoms with Crippen LogP contribution in [0.3, 0.4) is 0 Å². The van der Waals surface area contributed by atoms with Crippen LogP contribution in [-0.4, -0.2) is 41.0 Å². The summed E-state index contributed by atoms with van der Waals surface area (Å²) in [7, 11) is 0. The number of carbonyl (C=O) groups is 2. The van der Waals surface area contributed by atoms with Gasteiger partial charge in [-0.1, -0.05) is 48.5 Å². The van der Waals surface area contributed by atoms with E-state index in [1.54, 1.807) is 32.2 Å². The number of esters is 1. The third kappa shape index (κ3) is 6.44.